The van der Waals surface area contributed by atoms with Gasteiger partial charge in [-0.05, 0) is 37.0 Å². The summed E-state index contributed by atoms with van der Waals surface area (Å²) in [6.45, 7) is 8.71. The topological polar surface area (TPSA) is 9.23 Å². The maximum absolute atomic E-state index is 5.64. The molecule has 0 fully saturated rings. The Labute approximate surface area is 86.4 Å². The van der Waals surface area contributed by atoms with E-state index in [0.29, 0.717) is 0 Å². The molecule has 0 radical (unpaired) electrons. The van der Waals surface area contributed by atoms with Crippen molar-refractivity contribution in [3.8, 4) is 5.75 Å². The molecule has 1 heteroatoms. The lowest BCUT2D eigenvalue weighted by Crippen LogP contribution is -1.97. The number of ether oxygens (including phenoxy) is 1. The molecule has 1 aromatic rings. The monoisotopic (exact) mass is 190 g/mol. The number of hydrogen-bond acceptors (Lipinski definition) is 1. The summed E-state index contributed by atoms with van der Waals surface area (Å²) in [5, 5.41) is 0. The highest BCUT2D eigenvalue weighted by atomic mass is 16.5. The van der Waals surface area contributed by atoms with E-state index in [1.165, 1.54) is 11.1 Å². The van der Waals surface area contributed by atoms with Crippen molar-refractivity contribution in [2.75, 3.05) is 6.61 Å². The standard InChI is InChI=1S/C13H18O/c1-4-6-12-8-7-11(3)13(10-12)14-9-5-2/h4,7-8,10H,1,5-6,9H2,2-3H3. The molecule has 0 bridgehead atoms. The molecule has 0 amide bonds. The first-order chi connectivity index (χ1) is 6.77. The molecule has 0 atom stereocenters. The van der Waals surface area contributed by atoms with E-state index in [4.69, 9.17) is 4.74 Å². The second kappa shape index (κ2) is 5.48. The predicted molar refractivity (Wildman–Crippen MR) is 60.9 cm³/mol. The third-order valence-corrected chi connectivity index (χ3v) is 2.09. The summed E-state index contributed by atoms with van der Waals surface area (Å²) >= 11 is 0. The van der Waals surface area contributed by atoms with E-state index in [1.807, 2.05) is 6.08 Å². The van der Waals surface area contributed by atoms with E-state index in [-0.39, 0.29) is 0 Å². The number of benzene rings is 1. The zero-order chi connectivity index (χ0) is 10.4. The quantitative estimate of drug-likeness (QED) is 0.645. The van der Waals surface area contributed by atoms with Crippen LogP contribution in [0.15, 0.2) is 30.9 Å². The summed E-state index contributed by atoms with van der Waals surface area (Å²) in [7, 11) is 0. The van der Waals surface area contributed by atoms with Gasteiger partial charge in [-0.15, -0.1) is 6.58 Å². The lowest BCUT2D eigenvalue weighted by Gasteiger charge is -2.09. The van der Waals surface area contributed by atoms with Crippen molar-refractivity contribution in [2.24, 2.45) is 0 Å². The molecule has 0 N–H and O–H groups in total. The average Bonchev–Trinajstić information content (AvgIpc) is 2.19. The van der Waals surface area contributed by atoms with Gasteiger partial charge in [0.25, 0.3) is 0 Å². The number of hydrogen-bond donors (Lipinski definition) is 0. The van der Waals surface area contributed by atoms with Crippen LogP contribution in [0.2, 0.25) is 0 Å². The summed E-state index contributed by atoms with van der Waals surface area (Å²) in [4.78, 5) is 0. The van der Waals surface area contributed by atoms with Crippen LogP contribution in [0.3, 0.4) is 0 Å². The van der Waals surface area contributed by atoms with Gasteiger partial charge >= 0.3 is 0 Å². The van der Waals surface area contributed by atoms with Gasteiger partial charge in [0.05, 0.1) is 6.61 Å². The van der Waals surface area contributed by atoms with Crippen LogP contribution >= 0.6 is 0 Å². The van der Waals surface area contributed by atoms with Crippen molar-refractivity contribution >= 4 is 0 Å². The van der Waals surface area contributed by atoms with Gasteiger partial charge in [0.1, 0.15) is 5.75 Å². The maximum Gasteiger partial charge on any atom is 0.122 e. The van der Waals surface area contributed by atoms with Gasteiger partial charge in [-0.2, -0.15) is 0 Å². The predicted octanol–water partition coefficient (Wildman–Crippen LogP) is 3.51. The molecule has 0 aliphatic heterocycles. The highest BCUT2D eigenvalue weighted by Gasteiger charge is 1.99. The van der Waals surface area contributed by atoms with E-state index >= 15 is 0 Å². The first-order valence-electron chi connectivity index (χ1n) is 5.11. The van der Waals surface area contributed by atoms with Crippen molar-refractivity contribution in [3.63, 3.8) is 0 Å². The molecule has 0 unspecified atom stereocenters. The molecular formula is C13H18O. The number of allylic oxidation sites excluding steroid dienone is 1. The summed E-state index contributed by atoms with van der Waals surface area (Å²) in [6, 6.07) is 6.33. The largest absolute Gasteiger partial charge is 0.493 e. The summed E-state index contributed by atoms with van der Waals surface area (Å²) in [6.07, 6.45) is 3.86. The van der Waals surface area contributed by atoms with Crippen LogP contribution in [-0.4, -0.2) is 6.61 Å². The molecule has 0 aliphatic rings. The average molecular weight is 190 g/mol. The highest BCUT2D eigenvalue weighted by Crippen LogP contribution is 2.20. The highest BCUT2D eigenvalue weighted by molar-refractivity contribution is 5.37. The number of rotatable bonds is 5. The van der Waals surface area contributed by atoms with Crippen LogP contribution in [-0.2, 0) is 6.42 Å². The molecule has 1 rings (SSSR count). The van der Waals surface area contributed by atoms with Gasteiger partial charge in [-0.1, -0.05) is 25.1 Å². The molecule has 0 spiro atoms. The Morgan fingerprint density at radius 1 is 1.43 bits per heavy atom. The first kappa shape index (κ1) is 10.8. The molecule has 76 valence electrons. The SMILES string of the molecule is C=CCc1ccc(C)c(OCCC)c1. The van der Waals surface area contributed by atoms with Crippen LogP contribution in [0, 0.1) is 6.92 Å². The van der Waals surface area contributed by atoms with E-state index in [0.717, 1.165) is 25.2 Å². The Morgan fingerprint density at radius 3 is 2.86 bits per heavy atom. The minimum Gasteiger partial charge on any atom is -0.493 e. The summed E-state index contributed by atoms with van der Waals surface area (Å²) in [5.41, 5.74) is 2.46. The zero-order valence-electron chi connectivity index (χ0n) is 9.05. The Hall–Kier alpha value is -1.24. The second-order valence-electron chi connectivity index (χ2n) is 3.44. The van der Waals surface area contributed by atoms with E-state index in [9.17, 15) is 0 Å². The first-order valence-corrected chi connectivity index (χ1v) is 5.11. The van der Waals surface area contributed by atoms with E-state index in [1.54, 1.807) is 0 Å². The van der Waals surface area contributed by atoms with E-state index < -0.39 is 0 Å². The van der Waals surface area contributed by atoms with Crippen LogP contribution in [0.1, 0.15) is 24.5 Å². The van der Waals surface area contributed by atoms with Crippen LogP contribution < -0.4 is 4.74 Å². The van der Waals surface area contributed by atoms with Gasteiger partial charge in [-0.3, -0.25) is 0 Å². The molecule has 1 nitrogen and oxygen atoms in total. The van der Waals surface area contributed by atoms with Gasteiger partial charge in [0.2, 0.25) is 0 Å². The zero-order valence-corrected chi connectivity index (χ0v) is 9.05. The lowest BCUT2D eigenvalue weighted by atomic mass is 10.1. The van der Waals surface area contributed by atoms with Gasteiger partial charge < -0.3 is 4.74 Å². The summed E-state index contributed by atoms with van der Waals surface area (Å²) in [5.74, 6) is 1.01. The Bertz CT molecular complexity index is 302. The van der Waals surface area contributed by atoms with Gasteiger partial charge in [-0.25, -0.2) is 0 Å². The van der Waals surface area contributed by atoms with E-state index in [2.05, 4.69) is 38.6 Å². The lowest BCUT2D eigenvalue weighted by molar-refractivity contribution is 0.315. The Morgan fingerprint density at radius 2 is 2.21 bits per heavy atom. The number of aryl methyl sites for hydroxylation is 1. The maximum atomic E-state index is 5.64. The summed E-state index contributed by atoms with van der Waals surface area (Å²) < 4.78 is 5.64. The third kappa shape index (κ3) is 2.91. The fourth-order valence-electron chi connectivity index (χ4n) is 1.31. The second-order valence-corrected chi connectivity index (χ2v) is 3.44. The minimum atomic E-state index is 0.790. The Balaban J connectivity index is 2.78. The molecule has 14 heavy (non-hydrogen) atoms. The molecule has 0 saturated carbocycles. The van der Waals surface area contributed by atoms with Crippen molar-refractivity contribution in [1.82, 2.24) is 0 Å². The smallest absolute Gasteiger partial charge is 0.122 e. The van der Waals surface area contributed by atoms with Crippen molar-refractivity contribution < 1.29 is 4.74 Å². The fraction of sp³-hybridized carbons (Fsp3) is 0.385. The van der Waals surface area contributed by atoms with Crippen molar-refractivity contribution in [1.29, 1.82) is 0 Å². The van der Waals surface area contributed by atoms with Crippen LogP contribution in [0.25, 0.3) is 0 Å². The normalized spacial score (nSPS) is 9.86. The van der Waals surface area contributed by atoms with Gasteiger partial charge in [0, 0.05) is 0 Å². The minimum absolute atomic E-state index is 0.790. The molecule has 0 saturated heterocycles. The molecule has 0 aliphatic carbocycles. The molecule has 0 aromatic heterocycles. The van der Waals surface area contributed by atoms with Crippen LogP contribution in [0.4, 0.5) is 0 Å². The van der Waals surface area contributed by atoms with Crippen molar-refractivity contribution in [3.05, 3.63) is 42.0 Å². The van der Waals surface area contributed by atoms with Gasteiger partial charge in [0.15, 0.2) is 0 Å². The third-order valence-electron chi connectivity index (χ3n) is 2.09. The molecule has 0 heterocycles. The van der Waals surface area contributed by atoms with Crippen LogP contribution in [0.5, 0.6) is 5.75 Å². The fourth-order valence-corrected chi connectivity index (χ4v) is 1.31. The molecule has 1 aromatic carbocycles. The Kier molecular flexibility index (Phi) is 4.24. The van der Waals surface area contributed by atoms with Crippen molar-refractivity contribution in [2.45, 2.75) is 26.7 Å². The molecular weight excluding hydrogens is 172 g/mol.